The fourth-order valence-electron chi connectivity index (χ4n) is 3.41. The van der Waals surface area contributed by atoms with Gasteiger partial charge in [-0.25, -0.2) is 0 Å². The predicted molar refractivity (Wildman–Crippen MR) is 84.7 cm³/mol. The standard InChI is InChI=1S/C16H29N3O3/c1-2-17-8-10-18(11-9-17)13-15(20)19-7-3-4-14(12-19)5-6-16(21)22/h14H,2-13H2,1H3,(H,21,22). The van der Waals surface area contributed by atoms with Crippen molar-refractivity contribution in [1.29, 1.82) is 0 Å². The Morgan fingerprint density at radius 2 is 1.77 bits per heavy atom. The number of piperazine rings is 1. The molecule has 2 heterocycles. The van der Waals surface area contributed by atoms with E-state index in [1.165, 1.54) is 0 Å². The summed E-state index contributed by atoms with van der Waals surface area (Å²) in [7, 11) is 0. The van der Waals surface area contributed by atoms with E-state index in [1.807, 2.05) is 4.90 Å². The van der Waals surface area contributed by atoms with Crippen molar-refractivity contribution in [2.45, 2.75) is 32.6 Å². The number of carbonyl (C=O) groups excluding carboxylic acids is 1. The molecule has 22 heavy (non-hydrogen) atoms. The minimum atomic E-state index is -0.739. The van der Waals surface area contributed by atoms with Crippen molar-refractivity contribution in [2.75, 3.05) is 52.4 Å². The summed E-state index contributed by atoms with van der Waals surface area (Å²) in [6.07, 6.45) is 2.95. The Morgan fingerprint density at radius 1 is 1.09 bits per heavy atom. The maximum Gasteiger partial charge on any atom is 0.303 e. The molecule has 2 fully saturated rings. The zero-order valence-corrected chi connectivity index (χ0v) is 13.7. The molecule has 1 amide bonds. The van der Waals surface area contributed by atoms with Gasteiger partial charge < -0.3 is 14.9 Å². The van der Waals surface area contributed by atoms with Gasteiger partial charge in [0.1, 0.15) is 0 Å². The number of rotatable bonds is 6. The lowest BCUT2D eigenvalue weighted by atomic mass is 9.93. The summed E-state index contributed by atoms with van der Waals surface area (Å²) in [6, 6.07) is 0. The van der Waals surface area contributed by atoms with Crippen LogP contribution in [-0.2, 0) is 9.59 Å². The number of likely N-dealkylation sites (tertiary alicyclic amines) is 1. The molecule has 2 aliphatic heterocycles. The van der Waals surface area contributed by atoms with Gasteiger partial charge in [0.05, 0.1) is 6.54 Å². The van der Waals surface area contributed by atoms with E-state index in [2.05, 4.69) is 16.7 Å². The molecule has 0 spiro atoms. The molecule has 6 nitrogen and oxygen atoms in total. The summed E-state index contributed by atoms with van der Waals surface area (Å²) < 4.78 is 0. The third kappa shape index (κ3) is 5.25. The first-order valence-corrected chi connectivity index (χ1v) is 8.52. The Labute approximate surface area is 133 Å². The van der Waals surface area contributed by atoms with Gasteiger partial charge in [-0.15, -0.1) is 0 Å². The van der Waals surface area contributed by atoms with Crippen LogP contribution in [0, 0.1) is 5.92 Å². The quantitative estimate of drug-likeness (QED) is 0.783. The Hall–Kier alpha value is -1.14. The van der Waals surface area contributed by atoms with Gasteiger partial charge in [-0.05, 0) is 31.7 Å². The van der Waals surface area contributed by atoms with Crippen LogP contribution in [-0.4, -0.2) is 84.0 Å². The number of amides is 1. The van der Waals surface area contributed by atoms with Crippen LogP contribution in [0.5, 0.6) is 0 Å². The smallest absolute Gasteiger partial charge is 0.303 e. The molecule has 0 aromatic carbocycles. The number of carboxylic acids is 1. The molecule has 126 valence electrons. The number of nitrogens with zero attached hydrogens (tertiary/aromatic N) is 3. The molecule has 2 saturated heterocycles. The number of hydrogen-bond acceptors (Lipinski definition) is 4. The number of carboxylic acid groups (broad SMARTS) is 1. The van der Waals surface area contributed by atoms with Crippen molar-refractivity contribution in [2.24, 2.45) is 5.92 Å². The lowest BCUT2D eigenvalue weighted by molar-refractivity contribution is -0.137. The largest absolute Gasteiger partial charge is 0.481 e. The maximum atomic E-state index is 12.5. The van der Waals surface area contributed by atoms with E-state index in [0.717, 1.165) is 58.7 Å². The van der Waals surface area contributed by atoms with Crippen molar-refractivity contribution in [3.63, 3.8) is 0 Å². The van der Waals surface area contributed by atoms with Crippen LogP contribution in [0.1, 0.15) is 32.6 Å². The number of hydrogen-bond donors (Lipinski definition) is 1. The SMILES string of the molecule is CCN1CCN(CC(=O)N2CCCC(CCC(=O)O)C2)CC1. The molecule has 6 heteroatoms. The minimum Gasteiger partial charge on any atom is -0.481 e. The molecule has 0 radical (unpaired) electrons. The van der Waals surface area contributed by atoms with Crippen LogP contribution >= 0.6 is 0 Å². The highest BCUT2D eigenvalue weighted by molar-refractivity contribution is 5.78. The first-order valence-electron chi connectivity index (χ1n) is 8.52. The molecule has 1 atom stereocenters. The molecular formula is C16H29N3O3. The van der Waals surface area contributed by atoms with Gasteiger partial charge in [-0.1, -0.05) is 6.92 Å². The van der Waals surface area contributed by atoms with E-state index < -0.39 is 5.97 Å². The zero-order chi connectivity index (χ0) is 15.9. The van der Waals surface area contributed by atoms with Gasteiger partial charge in [-0.3, -0.25) is 14.5 Å². The maximum absolute atomic E-state index is 12.5. The monoisotopic (exact) mass is 311 g/mol. The summed E-state index contributed by atoms with van der Waals surface area (Å²) in [5.74, 6) is -0.173. The van der Waals surface area contributed by atoms with E-state index in [4.69, 9.17) is 5.11 Å². The van der Waals surface area contributed by atoms with Gasteiger partial charge >= 0.3 is 5.97 Å². The first kappa shape index (κ1) is 17.2. The minimum absolute atomic E-state index is 0.213. The van der Waals surface area contributed by atoms with Crippen LogP contribution in [0.3, 0.4) is 0 Å². The summed E-state index contributed by atoms with van der Waals surface area (Å²) in [5, 5.41) is 8.79. The van der Waals surface area contributed by atoms with E-state index in [9.17, 15) is 9.59 Å². The second-order valence-electron chi connectivity index (χ2n) is 6.49. The summed E-state index contributed by atoms with van der Waals surface area (Å²) in [4.78, 5) is 29.7. The van der Waals surface area contributed by atoms with E-state index >= 15 is 0 Å². The average molecular weight is 311 g/mol. The Morgan fingerprint density at radius 3 is 2.41 bits per heavy atom. The van der Waals surface area contributed by atoms with Crippen LogP contribution in [0.4, 0.5) is 0 Å². The van der Waals surface area contributed by atoms with Gasteiger partial charge in [0.25, 0.3) is 0 Å². The average Bonchev–Trinajstić information content (AvgIpc) is 2.54. The van der Waals surface area contributed by atoms with Gasteiger partial charge in [0.15, 0.2) is 0 Å². The molecule has 0 aromatic heterocycles. The molecule has 1 N–H and O–H groups in total. The lowest BCUT2D eigenvalue weighted by Gasteiger charge is -2.37. The van der Waals surface area contributed by atoms with Crippen molar-refractivity contribution < 1.29 is 14.7 Å². The topological polar surface area (TPSA) is 64.1 Å². The highest BCUT2D eigenvalue weighted by Crippen LogP contribution is 2.21. The summed E-state index contributed by atoms with van der Waals surface area (Å²) >= 11 is 0. The second-order valence-corrected chi connectivity index (χ2v) is 6.49. The summed E-state index contributed by atoms with van der Waals surface area (Å²) in [6.45, 7) is 9.37. The highest BCUT2D eigenvalue weighted by atomic mass is 16.4. The molecule has 2 rings (SSSR count). The van der Waals surface area contributed by atoms with Gasteiger partial charge in [0, 0.05) is 45.7 Å². The lowest BCUT2D eigenvalue weighted by Crippen LogP contribution is -2.51. The van der Waals surface area contributed by atoms with E-state index in [-0.39, 0.29) is 12.3 Å². The van der Waals surface area contributed by atoms with Crippen molar-refractivity contribution in [3.05, 3.63) is 0 Å². The number of aliphatic carboxylic acids is 1. The van der Waals surface area contributed by atoms with Crippen molar-refractivity contribution in [3.8, 4) is 0 Å². The normalized spacial score (nSPS) is 24.4. The number of carbonyl (C=O) groups is 2. The van der Waals surface area contributed by atoms with Crippen LogP contribution in [0.2, 0.25) is 0 Å². The molecule has 1 unspecified atom stereocenters. The molecule has 0 aromatic rings. The third-order valence-electron chi connectivity index (χ3n) is 4.91. The molecular weight excluding hydrogens is 282 g/mol. The van der Waals surface area contributed by atoms with Crippen LogP contribution < -0.4 is 0 Å². The second kappa shape index (κ2) is 8.48. The molecule has 0 bridgehead atoms. The molecule has 2 aliphatic rings. The fraction of sp³-hybridized carbons (Fsp3) is 0.875. The van der Waals surface area contributed by atoms with Crippen molar-refractivity contribution in [1.82, 2.24) is 14.7 Å². The third-order valence-corrected chi connectivity index (χ3v) is 4.91. The van der Waals surface area contributed by atoms with E-state index in [1.54, 1.807) is 0 Å². The Kier molecular flexibility index (Phi) is 6.64. The van der Waals surface area contributed by atoms with Crippen LogP contribution in [0.15, 0.2) is 0 Å². The zero-order valence-electron chi connectivity index (χ0n) is 13.7. The highest BCUT2D eigenvalue weighted by Gasteiger charge is 2.26. The first-order chi connectivity index (χ1) is 10.6. The summed E-state index contributed by atoms with van der Waals surface area (Å²) in [5.41, 5.74) is 0. The Balaban J connectivity index is 1.73. The van der Waals surface area contributed by atoms with Crippen LogP contribution in [0.25, 0.3) is 0 Å². The molecule has 0 saturated carbocycles. The number of piperidine rings is 1. The predicted octanol–water partition coefficient (Wildman–Crippen LogP) is 0.727. The van der Waals surface area contributed by atoms with Gasteiger partial charge in [-0.2, -0.15) is 0 Å². The van der Waals surface area contributed by atoms with E-state index in [0.29, 0.717) is 18.9 Å². The number of likely N-dealkylation sites (N-methyl/N-ethyl adjacent to an activating group) is 1. The van der Waals surface area contributed by atoms with Gasteiger partial charge in [0.2, 0.25) is 5.91 Å². The van der Waals surface area contributed by atoms with Crippen molar-refractivity contribution >= 4 is 11.9 Å². The fourth-order valence-corrected chi connectivity index (χ4v) is 3.41. The molecule has 0 aliphatic carbocycles. The Bertz CT molecular complexity index is 381.